The van der Waals surface area contributed by atoms with E-state index in [2.05, 4.69) is 73.8 Å². The average Bonchev–Trinajstić information content (AvgIpc) is 2.27. The SMILES string of the molecule is CCC(C)COc1c(Br)cc(CBr)cc1Br. The van der Waals surface area contributed by atoms with E-state index in [1.165, 1.54) is 5.56 Å². The smallest absolute Gasteiger partial charge is 0.147 e. The number of ether oxygens (including phenoxy) is 1. The van der Waals surface area contributed by atoms with Crippen LogP contribution < -0.4 is 4.74 Å². The molecule has 0 aliphatic carbocycles. The normalized spacial score (nSPS) is 12.6. The molecule has 0 N–H and O–H groups in total. The van der Waals surface area contributed by atoms with Gasteiger partial charge in [0, 0.05) is 5.33 Å². The summed E-state index contributed by atoms with van der Waals surface area (Å²) in [6, 6.07) is 4.15. The first-order valence-corrected chi connectivity index (χ1v) is 7.95. The number of halogens is 3. The molecule has 0 saturated carbocycles. The van der Waals surface area contributed by atoms with Crippen LogP contribution >= 0.6 is 47.8 Å². The summed E-state index contributed by atoms with van der Waals surface area (Å²) in [5.41, 5.74) is 1.22. The summed E-state index contributed by atoms with van der Waals surface area (Å²) in [6.07, 6.45) is 1.13. The first-order chi connectivity index (χ1) is 7.58. The van der Waals surface area contributed by atoms with E-state index in [1.807, 2.05) is 0 Å². The fourth-order valence-corrected chi connectivity index (χ4v) is 3.00. The van der Waals surface area contributed by atoms with Crippen molar-refractivity contribution in [3.63, 3.8) is 0 Å². The molecule has 1 nitrogen and oxygen atoms in total. The van der Waals surface area contributed by atoms with Crippen molar-refractivity contribution in [1.29, 1.82) is 0 Å². The van der Waals surface area contributed by atoms with Crippen molar-refractivity contribution >= 4 is 47.8 Å². The van der Waals surface area contributed by atoms with Crippen LogP contribution in [0.1, 0.15) is 25.8 Å². The van der Waals surface area contributed by atoms with E-state index in [0.29, 0.717) is 5.92 Å². The molecule has 0 saturated heterocycles. The van der Waals surface area contributed by atoms with E-state index < -0.39 is 0 Å². The van der Waals surface area contributed by atoms with Gasteiger partial charge in [0.25, 0.3) is 0 Å². The maximum Gasteiger partial charge on any atom is 0.147 e. The predicted octanol–water partition coefficient (Wildman–Crippen LogP) is 5.53. The Bertz CT molecular complexity index is 329. The molecule has 0 amide bonds. The standard InChI is InChI=1S/C12H15Br3O/c1-3-8(2)7-16-12-10(14)4-9(6-13)5-11(12)15/h4-5,8H,3,6-7H2,1-2H3. The molecule has 0 spiro atoms. The highest BCUT2D eigenvalue weighted by Gasteiger charge is 2.10. The van der Waals surface area contributed by atoms with Crippen molar-refractivity contribution < 1.29 is 4.74 Å². The van der Waals surface area contributed by atoms with Gasteiger partial charge in [-0.3, -0.25) is 0 Å². The third-order valence-corrected chi connectivity index (χ3v) is 4.25. The second kappa shape index (κ2) is 7.02. The summed E-state index contributed by atoms with van der Waals surface area (Å²) < 4.78 is 7.81. The lowest BCUT2D eigenvalue weighted by molar-refractivity contribution is 0.253. The van der Waals surface area contributed by atoms with Crippen molar-refractivity contribution in [1.82, 2.24) is 0 Å². The van der Waals surface area contributed by atoms with E-state index in [4.69, 9.17) is 4.74 Å². The molecule has 0 aliphatic rings. The van der Waals surface area contributed by atoms with Crippen molar-refractivity contribution in [3.05, 3.63) is 26.6 Å². The number of rotatable bonds is 5. The van der Waals surface area contributed by atoms with Crippen molar-refractivity contribution in [2.45, 2.75) is 25.6 Å². The van der Waals surface area contributed by atoms with Crippen LogP contribution in [0.3, 0.4) is 0 Å². The molecule has 1 aromatic rings. The molecule has 0 heterocycles. The monoisotopic (exact) mass is 412 g/mol. The van der Waals surface area contributed by atoms with Crippen LogP contribution in [0.25, 0.3) is 0 Å². The highest BCUT2D eigenvalue weighted by Crippen LogP contribution is 2.35. The summed E-state index contributed by atoms with van der Waals surface area (Å²) in [4.78, 5) is 0. The fourth-order valence-electron chi connectivity index (χ4n) is 1.17. The Labute approximate surface area is 122 Å². The highest BCUT2D eigenvalue weighted by molar-refractivity contribution is 9.11. The Hall–Kier alpha value is 0.460. The lowest BCUT2D eigenvalue weighted by Gasteiger charge is -2.14. The van der Waals surface area contributed by atoms with Gasteiger partial charge in [-0.1, -0.05) is 36.2 Å². The Kier molecular flexibility index (Phi) is 6.37. The molecule has 0 bridgehead atoms. The summed E-state index contributed by atoms with van der Waals surface area (Å²) >= 11 is 10.5. The molecule has 1 atom stereocenters. The van der Waals surface area contributed by atoms with Crippen molar-refractivity contribution in [3.8, 4) is 5.75 Å². The topological polar surface area (TPSA) is 9.23 Å². The maximum atomic E-state index is 5.81. The number of alkyl halides is 1. The first kappa shape index (κ1) is 14.5. The van der Waals surface area contributed by atoms with Crippen LogP contribution in [0.2, 0.25) is 0 Å². The predicted molar refractivity (Wildman–Crippen MR) is 79.4 cm³/mol. The van der Waals surface area contributed by atoms with Crippen LogP contribution in [0.5, 0.6) is 5.75 Å². The van der Waals surface area contributed by atoms with Crippen molar-refractivity contribution in [2.75, 3.05) is 6.61 Å². The molecule has 0 radical (unpaired) electrons. The van der Waals surface area contributed by atoms with E-state index in [1.54, 1.807) is 0 Å². The molecule has 0 aromatic heterocycles. The number of benzene rings is 1. The van der Waals surface area contributed by atoms with Gasteiger partial charge in [-0.15, -0.1) is 0 Å². The molecule has 0 aliphatic heterocycles. The van der Waals surface area contributed by atoms with Crippen LogP contribution in [0.15, 0.2) is 21.1 Å². The molecule has 0 fully saturated rings. The highest BCUT2D eigenvalue weighted by atomic mass is 79.9. The minimum absolute atomic E-state index is 0.578. The zero-order chi connectivity index (χ0) is 12.1. The molecule has 1 unspecified atom stereocenters. The third-order valence-electron chi connectivity index (χ3n) is 2.42. The van der Waals surface area contributed by atoms with Crippen LogP contribution in [-0.4, -0.2) is 6.61 Å². The first-order valence-electron chi connectivity index (χ1n) is 5.25. The van der Waals surface area contributed by atoms with Gasteiger partial charge in [0.1, 0.15) is 5.75 Å². The van der Waals surface area contributed by atoms with Gasteiger partial charge < -0.3 is 4.74 Å². The van der Waals surface area contributed by atoms with Gasteiger partial charge in [0.2, 0.25) is 0 Å². The van der Waals surface area contributed by atoms with Gasteiger partial charge >= 0.3 is 0 Å². The van der Waals surface area contributed by atoms with E-state index >= 15 is 0 Å². The maximum absolute atomic E-state index is 5.81. The summed E-state index contributed by atoms with van der Waals surface area (Å²) in [6.45, 7) is 5.11. The molecule has 4 heteroatoms. The minimum atomic E-state index is 0.578. The molecule has 16 heavy (non-hydrogen) atoms. The van der Waals surface area contributed by atoms with Gasteiger partial charge in [-0.25, -0.2) is 0 Å². The lowest BCUT2D eigenvalue weighted by atomic mass is 10.1. The number of hydrogen-bond donors (Lipinski definition) is 0. The fraction of sp³-hybridized carbons (Fsp3) is 0.500. The third kappa shape index (κ3) is 4.04. The Morgan fingerprint density at radius 2 is 1.81 bits per heavy atom. The molecule has 1 rings (SSSR count). The second-order valence-electron chi connectivity index (χ2n) is 3.85. The van der Waals surface area contributed by atoms with Gasteiger partial charge in [-0.05, 0) is 55.5 Å². The van der Waals surface area contributed by atoms with Crippen LogP contribution in [0, 0.1) is 5.92 Å². The largest absolute Gasteiger partial charge is 0.491 e. The Morgan fingerprint density at radius 1 is 1.25 bits per heavy atom. The quantitative estimate of drug-likeness (QED) is 0.575. The lowest BCUT2D eigenvalue weighted by Crippen LogP contribution is -2.08. The minimum Gasteiger partial charge on any atom is -0.491 e. The molecule has 90 valence electrons. The second-order valence-corrected chi connectivity index (χ2v) is 6.12. The Balaban J connectivity index is 2.80. The average molecular weight is 415 g/mol. The summed E-state index contributed by atoms with van der Waals surface area (Å²) in [5, 5.41) is 0.843. The van der Waals surface area contributed by atoms with Gasteiger partial charge in [0.05, 0.1) is 15.6 Å². The van der Waals surface area contributed by atoms with Crippen LogP contribution in [-0.2, 0) is 5.33 Å². The molecular weight excluding hydrogens is 400 g/mol. The molecule has 1 aromatic carbocycles. The van der Waals surface area contributed by atoms with E-state index in [0.717, 1.165) is 33.1 Å². The number of hydrogen-bond acceptors (Lipinski definition) is 1. The Morgan fingerprint density at radius 3 is 2.25 bits per heavy atom. The van der Waals surface area contributed by atoms with Gasteiger partial charge in [0.15, 0.2) is 0 Å². The van der Waals surface area contributed by atoms with Gasteiger partial charge in [-0.2, -0.15) is 0 Å². The zero-order valence-electron chi connectivity index (χ0n) is 9.40. The summed E-state index contributed by atoms with van der Waals surface area (Å²) in [5.74, 6) is 1.47. The zero-order valence-corrected chi connectivity index (χ0v) is 14.2. The van der Waals surface area contributed by atoms with Crippen molar-refractivity contribution in [2.24, 2.45) is 5.92 Å². The summed E-state index contributed by atoms with van der Waals surface area (Å²) in [7, 11) is 0. The molecular formula is C12H15Br3O. The van der Waals surface area contributed by atoms with E-state index in [-0.39, 0.29) is 0 Å². The van der Waals surface area contributed by atoms with E-state index in [9.17, 15) is 0 Å². The van der Waals surface area contributed by atoms with Crippen LogP contribution in [0.4, 0.5) is 0 Å².